The second-order valence-electron chi connectivity index (χ2n) is 7.09. The number of carbonyl (C=O) groups is 1. The number of nitrogens with one attached hydrogen (secondary N) is 1. The van der Waals surface area contributed by atoms with E-state index in [0.29, 0.717) is 5.56 Å². The molecule has 5 heteroatoms. The average molecular weight is 370 g/mol. The fourth-order valence-electron chi connectivity index (χ4n) is 3.16. The number of hydrogen-bond donors (Lipinski definition) is 1. The van der Waals surface area contributed by atoms with Gasteiger partial charge in [0, 0.05) is 30.4 Å². The molecule has 1 aromatic carbocycles. The van der Waals surface area contributed by atoms with E-state index in [4.69, 9.17) is 0 Å². The van der Waals surface area contributed by atoms with E-state index in [9.17, 15) is 4.79 Å². The summed E-state index contributed by atoms with van der Waals surface area (Å²) >= 11 is 0. The molecule has 0 aliphatic carbocycles. The number of carbonyl (C=O) groups excluding carboxylic acids is 1. The Bertz CT molecular complexity index is 1150. The summed E-state index contributed by atoms with van der Waals surface area (Å²) in [5.74, 6) is -0.125. The van der Waals surface area contributed by atoms with E-state index in [1.54, 1.807) is 18.5 Å². The van der Waals surface area contributed by atoms with Gasteiger partial charge in [-0.3, -0.25) is 9.78 Å². The normalized spacial score (nSPS) is 12.1. The Morgan fingerprint density at radius 1 is 1.07 bits per heavy atom. The van der Waals surface area contributed by atoms with Crippen molar-refractivity contribution in [3.8, 4) is 11.3 Å². The van der Waals surface area contributed by atoms with E-state index in [2.05, 4.69) is 47.3 Å². The first-order chi connectivity index (χ1) is 13.5. The molecular formula is C23H22N4O. The summed E-state index contributed by atoms with van der Waals surface area (Å²) in [5, 5.41) is 3.02. The second kappa shape index (κ2) is 7.27. The first-order valence-electron chi connectivity index (χ1n) is 9.28. The van der Waals surface area contributed by atoms with Gasteiger partial charge in [0.2, 0.25) is 0 Å². The molecule has 5 nitrogen and oxygen atoms in total. The van der Waals surface area contributed by atoms with Crippen LogP contribution in [0.4, 0.5) is 0 Å². The maximum atomic E-state index is 12.7. The smallest absolute Gasteiger partial charge is 0.253 e. The van der Waals surface area contributed by atoms with Gasteiger partial charge in [-0.15, -0.1) is 0 Å². The van der Waals surface area contributed by atoms with Crippen molar-refractivity contribution < 1.29 is 4.79 Å². The van der Waals surface area contributed by atoms with Crippen LogP contribution in [0.2, 0.25) is 0 Å². The van der Waals surface area contributed by atoms with Gasteiger partial charge in [-0.1, -0.05) is 18.2 Å². The zero-order valence-electron chi connectivity index (χ0n) is 16.2. The summed E-state index contributed by atoms with van der Waals surface area (Å²) in [6, 6.07) is 13.7. The van der Waals surface area contributed by atoms with Gasteiger partial charge >= 0.3 is 0 Å². The van der Waals surface area contributed by atoms with Crippen molar-refractivity contribution in [1.29, 1.82) is 0 Å². The van der Waals surface area contributed by atoms with Gasteiger partial charge in [0.1, 0.15) is 5.65 Å². The molecule has 0 saturated carbocycles. The van der Waals surface area contributed by atoms with E-state index in [-0.39, 0.29) is 11.9 Å². The highest BCUT2D eigenvalue weighted by atomic mass is 16.1. The fourth-order valence-corrected chi connectivity index (χ4v) is 3.16. The van der Waals surface area contributed by atoms with Crippen molar-refractivity contribution in [2.45, 2.75) is 26.8 Å². The monoisotopic (exact) mass is 370 g/mol. The summed E-state index contributed by atoms with van der Waals surface area (Å²) in [5.41, 5.74) is 6.83. The number of rotatable bonds is 4. The Kier molecular flexibility index (Phi) is 4.65. The Hall–Kier alpha value is -3.47. The third kappa shape index (κ3) is 3.51. The predicted octanol–water partition coefficient (Wildman–Crippen LogP) is 4.50. The molecule has 140 valence electrons. The number of fused-ring (bicyclic) bond motifs is 1. The van der Waals surface area contributed by atoms with Crippen molar-refractivity contribution in [3.05, 3.63) is 89.5 Å². The minimum Gasteiger partial charge on any atom is -0.345 e. The van der Waals surface area contributed by atoms with E-state index >= 15 is 0 Å². The second-order valence-corrected chi connectivity index (χ2v) is 7.09. The first kappa shape index (κ1) is 17.9. The van der Waals surface area contributed by atoms with E-state index < -0.39 is 0 Å². The summed E-state index contributed by atoms with van der Waals surface area (Å²) in [6.45, 7) is 6.14. The molecule has 0 aliphatic heterocycles. The van der Waals surface area contributed by atoms with Crippen LogP contribution < -0.4 is 5.32 Å². The molecule has 0 aliphatic rings. The van der Waals surface area contributed by atoms with Crippen molar-refractivity contribution in [2.75, 3.05) is 0 Å². The van der Waals surface area contributed by atoms with E-state index in [0.717, 1.165) is 22.5 Å². The average Bonchev–Trinajstić information content (AvgIpc) is 3.14. The minimum absolute atomic E-state index is 0.120. The van der Waals surface area contributed by atoms with E-state index in [1.807, 2.05) is 41.9 Å². The highest BCUT2D eigenvalue weighted by molar-refractivity contribution is 5.94. The van der Waals surface area contributed by atoms with E-state index in [1.165, 1.54) is 11.1 Å². The topological polar surface area (TPSA) is 59.3 Å². The van der Waals surface area contributed by atoms with Crippen LogP contribution in [-0.2, 0) is 0 Å². The third-order valence-electron chi connectivity index (χ3n) is 5.05. The molecule has 4 aromatic rings. The number of hydrogen-bond acceptors (Lipinski definition) is 3. The van der Waals surface area contributed by atoms with Crippen molar-refractivity contribution >= 4 is 11.6 Å². The highest BCUT2D eigenvalue weighted by Crippen LogP contribution is 2.22. The van der Waals surface area contributed by atoms with Gasteiger partial charge in [0.15, 0.2) is 0 Å². The quantitative estimate of drug-likeness (QED) is 0.575. The molecule has 1 atom stereocenters. The molecule has 1 N–H and O–H groups in total. The standard InChI is InChI=1S/C23H22N4O/c1-15-6-7-18(11-16(15)2)21-14-27-13-20(8-9-22(27)26-21)23(28)25-17(3)19-5-4-10-24-12-19/h4-14,17H,1-3H3,(H,25,28)/t17-/m0/s1. The number of benzene rings is 1. The van der Waals surface area contributed by atoms with Crippen LogP contribution in [0.3, 0.4) is 0 Å². The lowest BCUT2D eigenvalue weighted by molar-refractivity contribution is 0.0939. The number of imidazole rings is 1. The lowest BCUT2D eigenvalue weighted by Gasteiger charge is -2.13. The Morgan fingerprint density at radius 2 is 1.93 bits per heavy atom. The molecule has 1 amide bonds. The molecule has 3 heterocycles. The zero-order chi connectivity index (χ0) is 19.7. The largest absolute Gasteiger partial charge is 0.345 e. The molecule has 3 aromatic heterocycles. The third-order valence-corrected chi connectivity index (χ3v) is 5.05. The molecule has 0 saturated heterocycles. The maximum Gasteiger partial charge on any atom is 0.253 e. The van der Waals surface area contributed by atoms with Gasteiger partial charge in [0.25, 0.3) is 5.91 Å². The van der Waals surface area contributed by atoms with Crippen LogP contribution in [0.1, 0.15) is 40.0 Å². The summed E-state index contributed by atoms with van der Waals surface area (Å²) < 4.78 is 1.90. The molecule has 0 spiro atoms. The zero-order valence-corrected chi connectivity index (χ0v) is 16.2. The van der Waals surface area contributed by atoms with Crippen LogP contribution in [0.15, 0.2) is 67.3 Å². The van der Waals surface area contributed by atoms with Gasteiger partial charge in [-0.05, 0) is 61.7 Å². The van der Waals surface area contributed by atoms with Gasteiger partial charge in [-0.25, -0.2) is 4.98 Å². The Morgan fingerprint density at radius 3 is 2.68 bits per heavy atom. The van der Waals surface area contributed by atoms with Crippen molar-refractivity contribution in [1.82, 2.24) is 19.7 Å². The molecule has 0 unspecified atom stereocenters. The molecule has 4 rings (SSSR count). The molecule has 28 heavy (non-hydrogen) atoms. The van der Waals surface area contributed by atoms with Crippen LogP contribution >= 0.6 is 0 Å². The number of amides is 1. The maximum absolute atomic E-state index is 12.7. The highest BCUT2D eigenvalue weighted by Gasteiger charge is 2.13. The summed E-state index contributed by atoms with van der Waals surface area (Å²) in [6.07, 6.45) is 7.26. The molecule has 0 bridgehead atoms. The van der Waals surface area contributed by atoms with Crippen LogP contribution in [0, 0.1) is 13.8 Å². The lowest BCUT2D eigenvalue weighted by Crippen LogP contribution is -2.26. The molecular weight excluding hydrogens is 348 g/mol. The van der Waals surface area contributed by atoms with Crippen LogP contribution in [0.25, 0.3) is 16.9 Å². The van der Waals surface area contributed by atoms with Crippen molar-refractivity contribution in [2.24, 2.45) is 0 Å². The fraction of sp³-hybridized carbons (Fsp3) is 0.174. The predicted molar refractivity (Wildman–Crippen MR) is 110 cm³/mol. The van der Waals surface area contributed by atoms with Gasteiger partial charge in [-0.2, -0.15) is 0 Å². The van der Waals surface area contributed by atoms with Gasteiger partial charge < -0.3 is 9.72 Å². The lowest BCUT2D eigenvalue weighted by atomic mass is 10.1. The van der Waals surface area contributed by atoms with Crippen LogP contribution in [0.5, 0.6) is 0 Å². The summed E-state index contributed by atoms with van der Waals surface area (Å²) in [4.78, 5) is 21.5. The summed E-state index contributed by atoms with van der Waals surface area (Å²) in [7, 11) is 0. The van der Waals surface area contributed by atoms with Crippen molar-refractivity contribution in [3.63, 3.8) is 0 Å². The minimum atomic E-state index is -0.125. The number of aryl methyl sites for hydroxylation is 2. The van der Waals surface area contributed by atoms with Gasteiger partial charge in [0.05, 0.1) is 17.3 Å². The molecule has 0 fully saturated rings. The number of nitrogens with zero attached hydrogens (tertiary/aromatic N) is 3. The Balaban J connectivity index is 1.59. The molecule has 0 radical (unpaired) electrons. The number of aromatic nitrogens is 3. The first-order valence-corrected chi connectivity index (χ1v) is 9.28. The Labute approximate surface area is 164 Å². The van der Waals surface area contributed by atoms with Crippen LogP contribution in [-0.4, -0.2) is 20.3 Å². The SMILES string of the molecule is Cc1ccc(-c2cn3cc(C(=O)N[C@@H](C)c4cccnc4)ccc3n2)cc1C. The number of pyridine rings is 2.